The molecule has 21 heavy (non-hydrogen) atoms. The van der Waals surface area contributed by atoms with Crippen molar-refractivity contribution in [2.24, 2.45) is 0 Å². The van der Waals surface area contributed by atoms with Gasteiger partial charge in [-0.05, 0) is 35.9 Å². The Morgan fingerprint density at radius 1 is 1.19 bits per heavy atom. The number of halogens is 1. The van der Waals surface area contributed by atoms with Crippen molar-refractivity contribution in [3.05, 3.63) is 64.3 Å². The molecule has 3 aromatic rings. The number of carbonyl (C=O) groups is 1. The van der Waals surface area contributed by atoms with Crippen molar-refractivity contribution in [2.75, 3.05) is 7.11 Å². The van der Waals surface area contributed by atoms with Crippen LogP contribution in [0.3, 0.4) is 0 Å². The van der Waals surface area contributed by atoms with Crippen LogP contribution in [0.5, 0.6) is 5.75 Å². The molecule has 4 heteroatoms. The second-order valence-corrected chi connectivity index (χ2v) is 5.56. The van der Waals surface area contributed by atoms with Crippen molar-refractivity contribution in [1.82, 2.24) is 0 Å². The van der Waals surface area contributed by atoms with Gasteiger partial charge in [0.05, 0.1) is 7.11 Å². The zero-order valence-electron chi connectivity index (χ0n) is 11.4. The molecule has 0 unspecified atom stereocenters. The molecule has 0 saturated carbocycles. The molecule has 1 aromatic heterocycles. The quantitative estimate of drug-likeness (QED) is 0.647. The van der Waals surface area contributed by atoms with Crippen LogP contribution in [0.25, 0.3) is 11.0 Å². The summed E-state index contributed by atoms with van der Waals surface area (Å²) in [7, 11) is 1.61. The fraction of sp³-hybridized carbons (Fsp3) is 0.118. The number of rotatable bonds is 4. The predicted molar refractivity (Wildman–Crippen MR) is 84.9 cm³/mol. The minimum absolute atomic E-state index is 0.0554. The molecule has 0 radical (unpaired) electrons. The van der Waals surface area contributed by atoms with Gasteiger partial charge >= 0.3 is 0 Å². The van der Waals surface area contributed by atoms with E-state index in [1.807, 2.05) is 42.5 Å². The minimum atomic E-state index is -0.0554. The Kier molecular flexibility index (Phi) is 3.80. The van der Waals surface area contributed by atoms with Crippen LogP contribution >= 0.6 is 15.9 Å². The minimum Gasteiger partial charge on any atom is -0.497 e. The zero-order valence-corrected chi connectivity index (χ0v) is 13.0. The summed E-state index contributed by atoms with van der Waals surface area (Å²) in [6, 6.07) is 14.9. The van der Waals surface area contributed by atoms with E-state index in [0.29, 0.717) is 5.76 Å². The van der Waals surface area contributed by atoms with Crippen LogP contribution in [0, 0.1) is 0 Å². The molecule has 0 fully saturated rings. The van der Waals surface area contributed by atoms with Gasteiger partial charge in [-0.2, -0.15) is 0 Å². The smallest absolute Gasteiger partial charge is 0.202 e. The molecule has 2 aromatic carbocycles. The Labute approximate surface area is 130 Å². The van der Waals surface area contributed by atoms with E-state index in [4.69, 9.17) is 9.15 Å². The second-order valence-electron chi connectivity index (χ2n) is 4.71. The Morgan fingerprint density at radius 3 is 2.76 bits per heavy atom. The summed E-state index contributed by atoms with van der Waals surface area (Å²) < 4.78 is 11.7. The number of ether oxygens (including phenoxy) is 1. The van der Waals surface area contributed by atoms with Gasteiger partial charge in [0.1, 0.15) is 11.3 Å². The van der Waals surface area contributed by atoms with Gasteiger partial charge in [-0.25, -0.2) is 0 Å². The van der Waals surface area contributed by atoms with Crippen LogP contribution < -0.4 is 4.74 Å². The third kappa shape index (κ3) is 2.85. The molecule has 0 amide bonds. The molecule has 0 atom stereocenters. The van der Waals surface area contributed by atoms with E-state index in [1.165, 1.54) is 0 Å². The summed E-state index contributed by atoms with van der Waals surface area (Å²) in [5.41, 5.74) is 1.60. The monoisotopic (exact) mass is 344 g/mol. The van der Waals surface area contributed by atoms with E-state index in [-0.39, 0.29) is 12.2 Å². The molecular formula is C17H13BrO3. The SMILES string of the molecule is COc1ccc(Br)c(CC(=O)c2cc3ccccc3o2)c1. The van der Waals surface area contributed by atoms with Crippen LogP contribution in [-0.4, -0.2) is 12.9 Å². The molecule has 0 spiro atoms. The summed E-state index contributed by atoms with van der Waals surface area (Å²) in [5.74, 6) is 1.05. The number of furan rings is 1. The maximum absolute atomic E-state index is 12.4. The van der Waals surface area contributed by atoms with Gasteiger partial charge in [0.25, 0.3) is 0 Å². The average molecular weight is 345 g/mol. The number of Topliss-reactive ketones (excluding diaryl/α,β-unsaturated/α-hetero) is 1. The van der Waals surface area contributed by atoms with Crippen LogP contribution in [0.2, 0.25) is 0 Å². The van der Waals surface area contributed by atoms with E-state index in [0.717, 1.165) is 26.8 Å². The summed E-state index contributed by atoms with van der Waals surface area (Å²) >= 11 is 3.46. The molecule has 0 bridgehead atoms. The van der Waals surface area contributed by atoms with Crippen LogP contribution in [-0.2, 0) is 6.42 Å². The van der Waals surface area contributed by atoms with Gasteiger partial charge in [0, 0.05) is 16.3 Å². The fourth-order valence-corrected chi connectivity index (χ4v) is 2.58. The van der Waals surface area contributed by atoms with Crippen molar-refractivity contribution in [2.45, 2.75) is 6.42 Å². The number of methoxy groups -OCH3 is 1. The molecule has 0 aliphatic carbocycles. The highest BCUT2D eigenvalue weighted by atomic mass is 79.9. The molecule has 0 N–H and O–H groups in total. The number of hydrogen-bond donors (Lipinski definition) is 0. The van der Waals surface area contributed by atoms with Gasteiger partial charge < -0.3 is 9.15 Å². The summed E-state index contributed by atoms with van der Waals surface area (Å²) in [5, 5.41) is 0.936. The summed E-state index contributed by atoms with van der Waals surface area (Å²) in [6.07, 6.45) is 0.262. The Bertz CT molecular complexity index is 772. The predicted octanol–water partition coefficient (Wildman–Crippen LogP) is 4.63. The molecular weight excluding hydrogens is 332 g/mol. The average Bonchev–Trinajstić information content (AvgIpc) is 2.93. The first-order valence-electron chi connectivity index (χ1n) is 6.51. The lowest BCUT2D eigenvalue weighted by molar-refractivity contribution is 0.0968. The van der Waals surface area contributed by atoms with E-state index in [1.54, 1.807) is 13.2 Å². The first kappa shape index (κ1) is 13.9. The van der Waals surface area contributed by atoms with Crippen molar-refractivity contribution in [3.8, 4) is 5.75 Å². The summed E-state index contributed by atoms with van der Waals surface area (Å²) in [4.78, 5) is 12.4. The second kappa shape index (κ2) is 5.74. The number of fused-ring (bicyclic) bond motifs is 1. The van der Waals surface area contributed by atoms with E-state index >= 15 is 0 Å². The van der Waals surface area contributed by atoms with Crippen molar-refractivity contribution in [1.29, 1.82) is 0 Å². The van der Waals surface area contributed by atoms with Crippen LogP contribution in [0.1, 0.15) is 16.1 Å². The highest BCUT2D eigenvalue weighted by molar-refractivity contribution is 9.10. The van der Waals surface area contributed by atoms with Crippen LogP contribution in [0.15, 0.2) is 57.4 Å². The van der Waals surface area contributed by atoms with Crippen molar-refractivity contribution < 1.29 is 13.9 Å². The van der Waals surface area contributed by atoms with Gasteiger partial charge in [-0.3, -0.25) is 4.79 Å². The standard InChI is InChI=1S/C17H13BrO3/c1-20-13-6-7-14(18)12(8-13)9-15(19)17-10-11-4-2-3-5-16(11)21-17/h2-8,10H,9H2,1H3. The number of para-hydroxylation sites is 1. The van der Waals surface area contributed by atoms with Crippen molar-refractivity contribution in [3.63, 3.8) is 0 Å². The van der Waals surface area contributed by atoms with E-state index < -0.39 is 0 Å². The summed E-state index contributed by atoms with van der Waals surface area (Å²) in [6.45, 7) is 0. The molecule has 3 rings (SSSR count). The molecule has 0 aliphatic rings. The molecule has 106 valence electrons. The lowest BCUT2D eigenvalue weighted by atomic mass is 10.1. The maximum atomic E-state index is 12.4. The largest absolute Gasteiger partial charge is 0.497 e. The fourth-order valence-electron chi connectivity index (χ4n) is 2.19. The highest BCUT2D eigenvalue weighted by Crippen LogP contribution is 2.25. The lowest BCUT2D eigenvalue weighted by Gasteiger charge is -2.05. The first-order valence-corrected chi connectivity index (χ1v) is 7.31. The number of hydrogen-bond acceptors (Lipinski definition) is 3. The molecule has 0 aliphatic heterocycles. The maximum Gasteiger partial charge on any atom is 0.202 e. The zero-order chi connectivity index (χ0) is 14.8. The molecule has 0 saturated heterocycles. The number of carbonyl (C=O) groups excluding carboxylic acids is 1. The van der Waals surface area contributed by atoms with E-state index in [9.17, 15) is 4.79 Å². The highest BCUT2D eigenvalue weighted by Gasteiger charge is 2.15. The normalized spacial score (nSPS) is 10.8. The van der Waals surface area contributed by atoms with Crippen molar-refractivity contribution >= 4 is 32.7 Å². The number of benzene rings is 2. The Balaban J connectivity index is 1.89. The Hall–Kier alpha value is -2.07. The topological polar surface area (TPSA) is 39.4 Å². The number of ketones is 1. The lowest BCUT2D eigenvalue weighted by Crippen LogP contribution is -2.03. The van der Waals surface area contributed by atoms with Gasteiger partial charge in [-0.15, -0.1) is 0 Å². The van der Waals surface area contributed by atoms with E-state index in [2.05, 4.69) is 15.9 Å². The van der Waals surface area contributed by atoms with Gasteiger partial charge in [0.2, 0.25) is 5.78 Å². The van der Waals surface area contributed by atoms with Crippen LogP contribution in [0.4, 0.5) is 0 Å². The third-order valence-corrected chi connectivity index (χ3v) is 4.08. The molecule has 3 nitrogen and oxygen atoms in total. The first-order chi connectivity index (χ1) is 10.2. The third-order valence-electron chi connectivity index (χ3n) is 3.30. The van der Waals surface area contributed by atoms with Gasteiger partial charge in [-0.1, -0.05) is 34.1 Å². The van der Waals surface area contributed by atoms with Gasteiger partial charge in [0.15, 0.2) is 5.76 Å². The molecule has 1 heterocycles. The Morgan fingerprint density at radius 2 is 2.00 bits per heavy atom.